The van der Waals surface area contributed by atoms with Crippen molar-refractivity contribution < 1.29 is 8.42 Å². The number of benzene rings is 2. The van der Waals surface area contributed by atoms with Crippen LogP contribution >= 0.6 is 28.3 Å². The molecule has 4 nitrogen and oxygen atoms in total. The predicted octanol–water partition coefficient (Wildman–Crippen LogP) is 3.37. The van der Waals surface area contributed by atoms with Crippen molar-refractivity contribution >= 4 is 38.4 Å². The van der Waals surface area contributed by atoms with Gasteiger partial charge in [-0.3, -0.25) is 0 Å². The Bertz CT molecular complexity index is 754. The molecule has 24 heavy (non-hydrogen) atoms. The van der Waals surface area contributed by atoms with Gasteiger partial charge in [-0.25, -0.2) is 8.42 Å². The van der Waals surface area contributed by atoms with Gasteiger partial charge in [-0.05, 0) is 52.5 Å². The van der Waals surface area contributed by atoms with Gasteiger partial charge >= 0.3 is 0 Å². The van der Waals surface area contributed by atoms with Gasteiger partial charge in [-0.2, -0.15) is 4.31 Å². The lowest BCUT2D eigenvalue weighted by atomic mass is 10.1. The second-order valence-corrected chi connectivity index (χ2v) is 8.12. The zero-order valence-corrected chi connectivity index (χ0v) is 16.7. The average molecular weight is 434 g/mol. The van der Waals surface area contributed by atoms with Gasteiger partial charge in [0.15, 0.2) is 0 Å². The molecule has 7 heteroatoms. The van der Waals surface area contributed by atoms with E-state index in [1.165, 1.54) is 4.31 Å². The Hall–Kier alpha value is -0.920. The molecule has 132 valence electrons. The Morgan fingerprint density at radius 3 is 2.33 bits per heavy atom. The van der Waals surface area contributed by atoms with Crippen molar-refractivity contribution in [3.8, 4) is 0 Å². The molecule has 0 radical (unpaired) electrons. The molecular weight excluding hydrogens is 412 g/mol. The van der Waals surface area contributed by atoms with E-state index in [2.05, 4.69) is 15.9 Å². The fourth-order valence-electron chi connectivity index (χ4n) is 2.35. The van der Waals surface area contributed by atoms with Crippen molar-refractivity contribution in [2.24, 2.45) is 5.73 Å². The summed E-state index contributed by atoms with van der Waals surface area (Å²) in [5.41, 5.74) is 7.73. The molecule has 0 heterocycles. The second kappa shape index (κ2) is 9.53. The minimum absolute atomic E-state index is 0. The molecule has 0 atom stereocenters. The van der Waals surface area contributed by atoms with E-state index in [1.807, 2.05) is 43.3 Å². The molecule has 2 N–H and O–H groups in total. The summed E-state index contributed by atoms with van der Waals surface area (Å²) < 4.78 is 27.9. The van der Waals surface area contributed by atoms with Crippen LogP contribution in [0.4, 0.5) is 0 Å². The lowest BCUT2D eigenvalue weighted by Gasteiger charge is -2.22. The molecule has 2 aromatic carbocycles. The molecule has 0 aliphatic carbocycles. The fourth-order valence-corrected chi connectivity index (χ4v) is 4.96. The van der Waals surface area contributed by atoms with E-state index in [0.717, 1.165) is 11.1 Å². The van der Waals surface area contributed by atoms with Gasteiger partial charge in [0.2, 0.25) is 10.0 Å². The molecule has 2 rings (SSSR count). The third-order valence-corrected chi connectivity index (χ3v) is 6.45. The summed E-state index contributed by atoms with van der Waals surface area (Å²) in [6, 6.07) is 15.1. The lowest BCUT2D eigenvalue weighted by molar-refractivity contribution is 0.421. The number of hydrogen-bond donors (Lipinski definition) is 1. The summed E-state index contributed by atoms with van der Waals surface area (Å²) in [5, 5.41) is 0. The zero-order valence-electron chi connectivity index (χ0n) is 13.5. The van der Waals surface area contributed by atoms with Gasteiger partial charge in [0, 0.05) is 24.1 Å². The Balaban J connectivity index is 0.00000288. The maximum atomic E-state index is 12.9. The minimum Gasteiger partial charge on any atom is -0.329 e. The largest absolute Gasteiger partial charge is 0.329 e. The standard InChI is InChI=1S/C17H21BrN2O2S.ClH/c1-14-7-8-17(16(18)13-14)23(21,22)20(12-10-19)11-9-15-5-3-2-4-6-15;/h2-8,13H,9-12,19H2,1H3;1H. The first-order valence-electron chi connectivity index (χ1n) is 7.45. The molecule has 0 aliphatic rings. The van der Waals surface area contributed by atoms with Gasteiger partial charge in [0.1, 0.15) is 0 Å². The van der Waals surface area contributed by atoms with Crippen LogP contribution < -0.4 is 5.73 Å². The first kappa shape index (κ1) is 21.1. The van der Waals surface area contributed by atoms with Gasteiger partial charge < -0.3 is 5.73 Å². The van der Waals surface area contributed by atoms with E-state index < -0.39 is 10.0 Å². The predicted molar refractivity (Wildman–Crippen MR) is 104 cm³/mol. The van der Waals surface area contributed by atoms with Gasteiger partial charge in [0.05, 0.1) is 4.90 Å². The van der Waals surface area contributed by atoms with Crippen LogP contribution in [0.2, 0.25) is 0 Å². The van der Waals surface area contributed by atoms with Crippen molar-refractivity contribution in [1.82, 2.24) is 4.31 Å². The number of halogens is 2. The molecule has 0 saturated carbocycles. The van der Waals surface area contributed by atoms with Crippen molar-refractivity contribution in [3.63, 3.8) is 0 Å². The maximum absolute atomic E-state index is 12.9. The van der Waals surface area contributed by atoms with Crippen LogP contribution in [0.15, 0.2) is 57.9 Å². The summed E-state index contributed by atoms with van der Waals surface area (Å²) in [4.78, 5) is 0.282. The molecule has 0 aliphatic heterocycles. The Labute approximate surface area is 158 Å². The van der Waals surface area contributed by atoms with E-state index in [0.29, 0.717) is 24.0 Å². The Kier molecular flexibility index (Phi) is 8.39. The van der Waals surface area contributed by atoms with Crippen molar-refractivity contribution in [1.29, 1.82) is 0 Å². The fraction of sp³-hybridized carbons (Fsp3) is 0.294. The van der Waals surface area contributed by atoms with Crippen LogP contribution in [-0.4, -0.2) is 32.4 Å². The van der Waals surface area contributed by atoms with Crippen LogP contribution in [0.5, 0.6) is 0 Å². The van der Waals surface area contributed by atoms with Crippen LogP contribution in [0.1, 0.15) is 11.1 Å². The number of rotatable bonds is 7. The lowest BCUT2D eigenvalue weighted by Crippen LogP contribution is -2.37. The summed E-state index contributed by atoms with van der Waals surface area (Å²) in [7, 11) is -3.57. The van der Waals surface area contributed by atoms with Crippen LogP contribution in [0.25, 0.3) is 0 Å². The first-order chi connectivity index (χ1) is 10.9. The molecule has 0 saturated heterocycles. The topological polar surface area (TPSA) is 63.4 Å². The van der Waals surface area contributed by atoms with Crippen LogP contribution in [0.3, 0.4) is 0 Å². The highest BCUT2D eigenvalue weighted by Crippen LogP contribution is 2.26. The minimum atomic E-state index is -3.57. The third kappa shape index (κ3) is 5.29. The summed E-state index contributed by atoms with van der Waals surface area (Å²) in [6.07, 6.45) is 0.656. The number of hydrogen-bond acceptors (Lipinski definition) is 3. The second-order valence-electron chi connectivity index (χ2n) is 5.36. The SMILES string of the molecule is Cc1ccc(S(=O)(=O)N(CCN)CCc2ccccc2)c(Br)c1.Cl. The molecule has 0 fully saturated rings. The van der Waals surface area contributed by atoms with Crippen LogP contribution in [0, 0.1) is 6.92 Å². The first-order valence-corrected chi connectivity index (χ1v) is 9.69. The highest BCUT2D eigenvalue weighted by Gasteiger charge is 2.25. The normalized spacial score (nSPS) is 11.3. The molecule has 0 aromatic heterocycles. The van der Waals surface area contributed by atoms with Crippen molar-refractivity contribution in [2.45, 2.75) is 18.2 Å². The van der Waals surface area contributed by atoms with Crippen LogP contribution in [-0.2, 0) is 16.4 Å². The molecule has 2 aromatic rings. The molecule has 0 bridgehead atoms. The summed E-state index contributed by atoms with van der Waals surface area (Å²) in [5.74, 6) is 0. The van der Waals surface area contributed by atoms with E-state index in [4.69, 9.17) is 5.73 Å². The number of aryl methyl sites for hydroxylation is 1. The summed E-state index contributed by atoms with van der Waals surface area (Å²) >= 11 is 3.36. The smallest absolute Gasteiger partial charge is 0.244 e. The Morgan fingerprint density at radius 1 is 1.08 bits per heavy atom. The number of sulfonamides is 1. The third-order valence-electron chi connectivity index (χ3n) is 3.58. The number of nitrogens with zero attached hydrogens (tertiary/aromatic N) is 1. The molecular formula is C17H22BrClN2O2S. The Morgan fingerprint density at radius 2 is 1.75 bits per heavy atom. The summed E-state index contributed by atoms with van der Waals surface area (Å²) in [6.45, 7) is 2.92. The highest BCUT2D eigenvalue weighted by molar-refractivity contribution is 9.10. The average Bonchev–Trinajstić information content (AvgIpc) is 2.52. The highest BCUT2D eigenvalue weighted by atomic mass is 79.9. The van der Waals surface area contributed by atoms with Gasteiger partial charge in [0.25, 0.3) is 0 Å². The van der Waals surface area contributed by atoms with Crippen molar-refractivity contribution in [2.75, 3.05) is 19.6 Å². The zero-order chi connectivity index (χ0) is 16.9. The van der Waals surface area contributed by atoms with E-state index >= 15 is 0 Å². The van der Waals surface area contributed by atoms with E-state index in [1.54, 1.807) is 12.1 Å². The van der Waals surface area contributed by atoms with E-state index in [-0.39, 0.29) is 23.8 Å². The van der Waals surface area contributed by atoms with Gasteiger partial charge in [-0.15, -0.1) is 12.4 Å². The van der Waals surface area contributed by atoms with Gasteiger partial charge in [-0.1, -0.05) is 36.4 Å². The monoisotopic (exact) mass is 432 g/mol. The molecule has 0 amide bonds. The quantitative estimate of drug-likeness (QED) is 0.728. The molecule has 0 spiro atoms. The van der Waals surface area contributed by atoms with E-state index in [9.17, 15) is 8.42 Å². The maximum Gasteiger partial charge on any atom is 0.244 e. The van der Waals surface area contributed by atoms with Crippen molar-refractivity contribution in [3.05, 3.63) is 64.1 Å². The number of nitrogens with two attached hydrogens (primary N) is 1. The molecule has 0 unspecified atom stereocenters.